The van der Waals surface area contributed by atoms with E-state index in [-0.39, 0.29) is 0 Å². The van der Waals surface area contributed by atoms with Gasteiger partial charge in [-0.3, -0.25) is 0 Å². The fraction of sp³-hybridized carbons (Fsp3) is 0.286. The molecule has 19 heavy (non-hydrogen) atoms. The van der Waals surface area contributed by atoms with Gasteiger partial charge in [-0.2, -0.15) is 0 Å². The number of hydrogen-bond acceptors (Lipinski definition) is 5. The highest BCUT2D eigenvalue weighted by Crippen LogP contribution is 2.31. The van der Waals surface area contributed by atoms with Gasteiger partial charge < -0.3 is 14.8 Å². The molecule has 1 N–H and O–H groups in total. The number of nitrogens with one attached hydrogen (secondary N) is 1. The van der Waals surface area contributed by atoms with Crippen molar-refractivity contribution in [2.75, 3.05) is 19.5 Å². The van der Waals surface area contributed by atoms with Crippen LogP contribution in [0.3, 0.4) is 0 Å². The van der Waals surface area contributed by atoms with E-state index in [4.69, 9.17) is 9.47 Å². The summed E-state index contributed by atoms with van der Waals surface area (Å²) in [6.07, 6.45) is 0. The molecule has 1 heterocycles. The first-order valence-electron chi connectivity index (χ1n) is 5.93. The molecule has 0 atom stereocenters. The van der Waals surface area contributed by atoms with Crippen LogP contribution in [-0.4, -0.2) is 24.2 Å². The zero-order chi connectivity index (χ0) is 13.8. The number of hydrogen-bond donors (Lipinski definition) is 1. The molecule has 0 saturated heterocycles. The van der Waals surface area contributed by atoms with Crippen molar-refractivity contribution < 1.29 is 9.47 Å². The quantitative estimate of drug-likeness (QED) is 0.915. The molecule has 1 aromatic carbocycles. The molecule has 0 aliphatic rings. The average Bonchev–Trinajstić information content (AvgIpc) is 2.38. The third-order valence-electron chi connectivity index (χ3n) is 2.64. The zero-order valence-electron chi connectivity index (χ0n) is 11.5. The van der Waals surface area contributed by atoms with Crippen LogP contribution in [0.2, 0.25) is 0 Å². The minimum atomic E-state index is 0.702. The predicted molar refractivity (Wildman–Crippen MR) is 74.3 cm³/mol. The van der Waals surface area contributed by atoms with Gasteiger partial charge >= 0.3 is 0 Å². The van der Waals surface area contributed by atoms with Crippen LogP contribution in [0.1, 0.15) is 11.5 Å². The molecule has 0 amide bonds. The Kier molecular flexibility index (Phi) is 3.85. The minimum Gasteiger partial charge on any atom is -0.497 e. The molecule has 2 rings (SSSR count). The van der Waals surface area contributed by atoms with E-state index in [0.29, 0.717) is 5.75 Å². The first kappa shape index (κ1) is 13.1. The molecule has 1 aromatic heterocycles. The van der Waals surface area contributed by atoms with Crippen LogP contribution in [0.25, 0.3) is 0 Å². The van der Waals surface area contributed by atoms with Crippen LogP contribution in [0.15, 0.2) is 24.3 Å². The second-order valence-corrected chi connectivity index (χ2v) is 4.13. The van der Waals surface area contributed by atoms with Gasteiger partial charge in [0.15, 0.2) is 0 Å². The van der Waals surface area contributed by atoms with E-state index in [9.17, 15) is 0 Å². The van der Waals surface area contributed by atoms with Crippen LogP contribution in [0, 0.1) is 13.8 Å². The van der Waals surface area contributed by atoms with Gasteiger partial charge in [-0.05, 0) is 26.0 Å². The molecule has 0 saturated carbocycles. The predicted octanol–water partition coefficient (Wildman–Crippen LogP) is 2.85. The second kappa shape index (κ2) is 5.56. The Morgan fingerprint density at radius 2 is 1.79 bits per heavy atom. The monoisotopic (exact) mass is 259 g/mol. The lowest BCUT2D eigenvalue weighted by Crippen LogP contribution is -2.00. The summed E-state index contributed by atoms with van der Waals surface area (Å²) in [6, 6.07) is 7.47. The van der Waals surface area contributed by atoms with Crippen molar-refractivity contribution in [3.05, 3.63) is 35.8 Å². The summed E-state index contributed by atoms with van der Waals surface area (Å²) >= 11 is 0. The SMILES string of the molecule is COc1ccc(Nc2cc(C)nc(C)n2)c(OC)c1. The van der Waals surface area contributed by atoms with Gasteiger partial charge in [0.25, 0.3) is 0 Å². The lowest BCUT2D eigenvalue weighted by atomic mass is 10.2. The van der Waals surface area contributed by atoms with E-state index in [0.717, 1.165) is 28.8 Å². The molecule has 0 unspecified atom stereocenters. The maximum atomic E-state index is 5.33. The third-order valence-corrected chi connectivity index (χ3v) is 2.64. The van der Waals surface area contributed by atoms with Crippen LogP contribution in [-0.2, 0) is 0 Å². The summed E-state index contributed by atoms with van der Waals surface area (Å²) in [5, 5.41) is 3.22. The average molecular weight is 259 g/mol. The lowest BCUT2D eigenvalue weighted by Gasteiger charge is -2.12. The zero-order valence-corrected chi connectivity index (χ0v) is 11.5. The van der Waals surface area contributed by atoms with Crippen molar-refractivity contribution in [1.29, 1.82) is 0 Å². The fourth-order valence-corrected chi connectivity index (χ4v) is 1.82. The maximum absolute atomic E-state index is 5.33. The number of aromatic nitrogens is 2. The molecule has 0 spiro atoms. The van der Waals surface area contributed by atoms with Gasteiger partial charge in [-0.25, -0.2) is 9.97 Å². The maximum Gasteiger partial charge on any atom is 0.146 e. The Balaban J connectivity index is 2.32. The summed E-state index contributed by atoms with van der Waals surface area (Å²) in [6.45, 7) is 3.80. The molecule has 2 aromatic rings. The van der Waals surface area contributed by atoms with Crippen LogP contribution >= 0.6 is 0 Å². The summed E-state index contributed by atoms with van der Waals surface area (Å²) < 4.78 is 10.5. The number of anilines is 2. The van der Waals surface area contributed by atoms with Crippen molar-refractivity contribution in [2.45, 2.75) is 13.8 Å². The van der Waals surface area contributed by atoms with Crippen LogP contribution < -0.4 is 14.8 Å². The molecule has 0 radical (unpaired) electrons. The lowest BCUT2D eigenvalue weighted by molar-refractivity contribution is 0.395. The van der Waals surface area contributed by atoms with Gasteiger partial charge in [-0.1, -0.05) is 0 Å². The van der Waals surface area contributed by atoms with Gasteiger partial charge in [0, 0.05) is 17.8 Å². The van der Waals surface area contributed by atoms with Gasteiger partial charge in [0.05, 0.1) is 19.9 Å². The topological polar surface area (TPSA) is 56.3 Å². The molecular weight excluding hydrogens is 242 g/mol. The fourth-order valence-electron chi connectivity index (χ4n) is 1.82. The van der Waals surface area contributed by atoms with E-state index in [1.54, 1.807) is 14.2 Å². The normalized spacial score (nSPS) is 10.1. The Morgan fingerprint density at radius 1 is 1.00 bits per heavy atom. The summed E-state index contributed by atoms with van der Waals surface area (Å²) in [5.74, 6) is 2.93. The standard InChI is InChI=1S/C14H17N3O2/c1-9-7-14(16-10(2)15-9)17-12-6-5-11(18-3)8-13(12)19-4/h5-8H,1-4H3,(H,15,16,17). The molecule has 100 valence electrons. The number of benzene rings is 1. The van der Waals surface area contributed by atoms with E-state index >= 15 is 0 Å². The Labute approximate surface area is 112 Å². The Hall–Kier alpha value is -2.30. The van der Waals surface area contributed by atoms with Crippen molar-refractivity contribution in [1.82, 2.24) is 9.97 Å². The summed E-state index contributed by atoms with van der Waals surface area (Å²) in [7, 11) is 3.25. The van der Waals surface area contributed by atoms with Gasteiger partial charge in [0.1, 0.15) is 23.1 Å². The minimum absolute atomic E-state index is 0.702. The summed E-state index contributed by atoms with van der Waals surface area (Å²) in [4.78, 5) is 8.58. The van der Waals surface area contributed by atoms with E-state index < -0.39 is 0 Å². The van der Waals surface area contributed by atoms with Gasteiger partial charge in [-0.15, -0.1) is 0 Å². The first-order valence-corrected chi connectivity index (χ1v) is 5.93. The molecular formula is C14H17N3O2. The number of nitrogens with zero attached hydrogens (tertiary/aromatic N) is 2. The smallest absolute Gasteiger partial charge is 0.146 e. The van der Waals surface area contributed by atoms with E-state index in [2.05, 4.69) is 15.3 Å². The second-order valence-electron chi connectivity index (χ2n) is 4.13. The van der Waals surface area contributed by atoms with Crippen LogP contribution in [0.5, 0.6) is 11.5 Å². The molecule has 0 aliphatic carbocycles. The van der Waals surface area contributed by atoms with E-state index in [1.165, 1.54) is 0 Å². The number of methoxy groups -OCH3 is 2. The summed E-state index contributed by atoms with van der Waals surface area (Å²) in [5.41, 5.74) is 1.75. The largest absolute Gasteiger partial charge is 0.497 e. The number of aryl methyl sites for hydroxylation is 2. The highest BCUT2D eigenvalue weighted by Gasteiger charge is 2.06. The van der Waals surface area contributed by atoms with Crippen molar-refractivity contribution >= 4 is 11.5 Å². The third kappa shape index (κ3) is 3.13. The van der Waals surface area contributed by atoms with Crippen molar-refractivity contribution in [3.63, 3.8) is 0 Å². The Bertz CT molecular complexity index is 565. The highest BCUT2D eigenvalue weighted by molar-refractivity contribution is 5.65. The van der Waals surface area contributed by atoms with Gasteiger partial charge in [0.2, 0.25) is 0 Å². The van der Waals surface area contributed by atoms with Crippen LogP contribution in [0.4, 0.5) is 11.5 Å². The van der Waals surface area contributed by atoms with E-state index in [1.807, 2.05) is 38.1 Å². The molecule has 5 heteroatoms. The highest BCUT2D eigenvalue weighted by atomic mass is 16.5. The molecule has 0 fully saturated rings. The van der Waals surface area contributed by atoms with Crippen molar-refractivity contribution in [2.24, 2.45) is 0 Å². The molecule has 0 aliphatic heterocycles. The van der Waals surface area contributed by atoms with Crippen molar-refractivity contribution in [3.8, 4) is 11.5 Å². The first-order chi connectivity index (χ1) is 9.12. The molecule has 0 bridgehead atoms. The number of ether oxygens (including phenoxy) is 2. The Morgan fingerprint density at radius 3 is 2.42 bits per heavy atom. The number of rotatable bonds is 4. The molecule has 5 nitrogen and oxygen atoms in total.